The largest absolute Gasteiger partial charge is 0.482 e. The number of esters is 1. The van der Waals surface area contributed by atoms with E-state index in [9.17, 15) is 24.5 Å². The summed E-state index contributed by atoms with van der Waals surface area (Å²) in [4.78, 5) is 46.0. The van der Waals surface area contributed by atoms with Crippen LogP contribution >= 0.6 is 0 Å². The zero-order chi connectivity index (χ0) is 19.5. The van der Waals surface area contributed by atoms with Crippen LogP contribution in [-0.2, 0) is 19.1 Å². The summed E-state index contributed by atoms with van der Waals surface area (Å²) in [6, 6.07) is 5.17. The van der Waals surface area contributed by atoms with Gasteiger partial charge < -0.3 is 19.7 Å². The topological polar surface area (TPSA) is 128 Å². The van der Waals surface area contributed by atoms with Gasteiger partial charge in [-0.1, -0.05) is 6.92 Å². The van der Waals surface area contributed by atoms with Gasteiger partial charge >= 0.3 is 5.97 Å². The van der Waals surface area contributed by atoms with E-state index in [0.717, 1.165) is 11.3 Å². The van der Waals surface area contributed by atoms with E-state index in [0.29, 0.717) is 6.54 Å². The first-order chi connectivity index (χ1) is 12.3. The lowest BCUT2D eigenvalue weighted by Gasteiger charge is -2.16. The molecule has 0 atom stereocenters. The van der Waals surface area contributed by atoms with Crippen molar-refractivity contribution in [2.75, 3.05) is 33.4 Å². The molecule has 0 heterocycles. The van der Waals surface area contributed by atoms with Crippen molar-refractivity contribution in [2.45, 2.75) is 13.3 Å². The number of nitro groups is 1. The molecule has 142 valence electrons. The Hall–Kier alpha value is -3.17. The smallest absolute Gasteiger partial charge is 0.344 e. The number of hydrogen-bond acceptors (Lipinski definition) is 7. The summed E-state index contributed by atoms with van der Waals surface area (Å²) in [6.07, 6.45) is 0.787. The number of carbonyl (C=O) groups is 3. The number of nitrogens with zero attached hydrogens (tertiary/aromatic N) is 2. The van der Waals surface area contributed by atoms with Crippen LogP contribution in [0.1, 0.15) is 13.3 Å². The molecule has 1 rings (SSSR count). The SMILES string of the molecule is CCCNC(=O)CN(C)C(=O)COC(=O)COc1ccc([N+](=O)[O-])cc1. The van der Waals surface area contributed by atoms with Crippen LogP contribution in [0.4, 0.5) is 5.69 Å². The second-order valence-electron chi connectivity index (χ2n) is 5.30. The van der Waals surface area contributed by atoms with Crippen molar-refractivity contribution in [3.63, 3.8) is 0 Å². The van der Waals surface area contributed by atoms with Gasteiger partial charge in [-0.15, -0.1) is 0 Å². The molecule has 0 radical (unpaired) electrons. The van der Waals surface area contributed by atoms with E-state index < -0.39 is 30.0 Å². The second-order valence-corrected chi connectivity index (χ2v) is 5.30. The minimum atomic E-state index is -0.777. The molecule has 1 N–H and O–H groups in total. The van der Waals surface area contributed by atoms with E-state index in [2.05, 4.69) is 5.32 Å². The van der Waals surface area contributed by atoms with Crippen LogP contribution in [0.15, 0.2) is 24.3 Å². The molecule has 0 aliphatic rings. The molecular weight excluding hydrogens is 346 g/mol. The van der Waals surface area contributed by atoms with Gasteiger partial charge in [0.15, 0.2) is 13.2 Å². The van der Waals surface area contributed by atoms with E-state index in [1.807, 2.05) is 6.92 Å². The first-order valence-corrected chi connectivity index (χ1v) is 7.87. The van der Waals surface area contributed by atoms with Gasteiger partial charge in [-0.25, -0.2) is 4.79 Å². The van der Waals surface area contributed by atoms with Crippen LogP contribution in [0.25, 0.3) is 0 Å². The van der Waals surface area contributed by atoms with E-state index in [1.165, 1.54) is 31.3 Å². The lowest BCUT2D eigenvalue weighted by atomic mass is 10.3. The average Bonchev–Trinajstić information content (AvgIpc) is 2.62. The van der Waals surface area contributed by atoms with Crippen LogP contribution < -0.4 is 10.1 Å². The Labute approximate surface area is 150 Å². The quantitative estimate of drug-likeness (QED) is 0.362. The molecule has 0 spiro atoms. The van der Waals surface area contributed by atoms with Crippen LogP contribution in [0.3, 0.4) is 0 Å². The molecule has 0 fully saturated rings. The second kappa shape index (κ2) is 10.6. The minimum Gasteiger partial charge on any atom is -0.482 e. The Bertz CT molecular complexity index is 646. The third kappa shape index (κ3) is 7.60. The van der Waals surface area contributed by atoms with Gasteiger partial charge in [0.2, 0.25) is 5.91 Å². The number of ether oxygens (including phenoxy) is 2. The van der Waals surface area contributed by atoms with E-state index >= 15 is 0 Å². The Morgan fingerprint density at radius 1 is 1.19 bits per heavy atom. The molecule has 0 bridgehead atoms. The summed E-state index contributed by atoms with van der Waals surface area (Å²) in [5.74, 6) is -1.35. The van der Waals surface area contributed by atoms with Crippen molar-refractivity contribution in [3.05, 3.63) is 34.4 Å². The van der Waals surface area contributed by atoms with E-state index in [4.69, 9.17) is 9.47 Å². The van der Waals surface area contributed by atoms with Gasteiger partial charge in [0.05, 0.1) is 11.5 Å². The zero-order valence-corrected chi connectivity index (χ0v) is 14.6. The highest BCUT2D eigenvalue weighted by molar-refractivity contribution is 5.86. The Balaban J connectivity index is 2.31. The minimum absolute atomic E-state index is 0.100. The van der Waals surface area contributed by atoms with Crippen molar-refractivity contribution >= 4 is 23.5 Å². The van der Waals surface area contributed by atoms with Gasteiger partial charge in [-0.3, -0.25) is 19.7 Å². The average molecular weight is 367 g/mol. The predicted octanol–water partition coefficient (Wildman–Crippen LogP) is 0.501. The van der Waals surface area contributed by atoms with Gasteiger partial charge in [0.25, 0.3) is 11.6 Å². The molecule has 10 heteroatoms. The standard InChI is InChI=1S/C16H21N3O7/c1-3-8-17-14(20)9-18(2)15(21)10-26-16(22)11-25-13-6-4-12(5-7-13)19(23)24/h4-7H,3,8-11H2,1-2H3,(H,17,20). The molecule has 0 unspecified atom stereocenters. The van der Waals surface area contributed by atoms with Gasteiger partial charge in [-0.05, 0) is 18.6 Å². The maximum absolute atomic E-state index is 11.8. The first kappa shape index (κ1) is 20.9. The maximum atomic E-state index is 11.8. The van der Waals surface area contributed by atoms with E-state index in [1.54, 1.807) is 0 Å². The predicted molar refractivity (Wildman–Crippen MR) is 90.5 cm³/mol. The molecule has 0 aliphatic heterocycles. The van der Waals surface area contributed by atoms with Crippen LogP contribution in [0.2, 0.25) is 0 Å². The van der Waals surface area contributed by atoms with Crippen LogP contribution in [-0.4, -0.2) is 61.0 Å². The highest BCUT2D eigenvalue weighted by Crippen LogP contribution is 2.17. The van der Waals surface area contributed by atoms with Crippen LogP contribution in [0, 0.1) is 10.1 Å². The number of nitro benzene ring substituents is 1. The van der Waals surface area contributed by atoms with Gasteiger partial charge in [0.1, 0.15) is 5.75 Å². The van der Waals surface area contributed by atoms with Gasteiger partial charge in [0, 0.05) is 25.7 Å². The normalized spacial score (nSPS) is 9.92. The molecule has 2 amide bonds. The van der Waals surface area contributed by atoms with Crippen molar-refractivity contribution < 1.29 is 28.8 Å². The Morgan fingerprint density at radius 3 is 2.42 bits per heavy atom. The molecule has 0 aliphatic carbocycles. The number of benzene rings is 1. The summed E-state index contributed by atoms with van der Waals surface area (Å²) >= 11 is 0. The number of nitrogens with one attached hydrogen (secondary N) is 1. The number of rotatable bonds is 10. The fraction of sp³-hybridized carbons (Fsp3) is 0.438. The van der Waals surface area contributed by atoms with Crippen molar-refractivity contribution in [3.8, 4) is 5.75 Å². The number of hydrogen-bond donors (Lipinski definition) is 1. The van der Waals surface area contributed by atoms with Crippen molar-refractivity contribution in [2.24, 2.45) is 0 Å². The maximum Gasteiger partial charge on any atom is 0.344 e. The van der Waals surface area contributed by atoms with Crippen LogP contribution in [0.5, 0.6) is 5.75 Å². The highest BCUT2D eigenvalue weighted by Gasteiger charge is 2.15. The first-order valence-electron chi connectivity index (χ1n) is 7.87. The molecule has 10 nitrogen and oxygen atoms in total. The monoisotopic (exact) mass is 367 g/mol. The number of non-ortho nitro benzene ring substituents is 1. The highest BCUT2D eigenvalue weighted by atomic mass is 16.6. The fourth-order valence-corrected chi connectivity index (χ4v) is 1.72. The third-order valence-corrected chi connectivity index (χ3v) is 3.14. The zero-order valence-electron chi connectivity index (χ0n) is 14.6. The molecule has 26 heavy (non-hydrogen) atoms. The van der Waals surface area contributed by atoms with Gasteiger partial charge in [-0.2, -0.15) is 0 Å². The lowest BCUT2D eigenvalue weighted by Crippen LogP contribution is -2.40. The number of likely N-dealkylation sites (N-methyl/N-ethyl adjacent to an activating group) is 1. The Kier molecular flexibility index (Phi) is 8.55. The third-order valence-electron chi connectivity index (χ3n) is 3.14. The lowest BCUT2D eigenvalue weighted by molar-refractivity contribution is -0.384. The summed E-state index contributed by atoms with van der Waals surface area (Å²) in [7, 11) is 1.43. The molecular formula is C16H21N3O7. The molecule has 0 saturated heterocycles. The van der Waals surface area contributed by atoms with Crippen molar-refractivity contribution in [1.29, 1.82) is 0 Å². The number of carbonyl (C=O) groups excluding carboxylic acids is 3. The summed E-state index contributed by atoms with van der Waals surface area (Å²) in [5.41, 5.74) is -0.100. The summed E-state index contributed by atoms with van der Waals surface area (Å²) in [5, 5.41) is 13.2. The molecule has 0 saturated carbocycles. The fourth-order valence-electron chi connectivity index (χ4n) is 1.72. The Morgan fingerprint density at radius 2 is 1.85 bits per heavy atom. The number of amides is 2. The summed E-state index contributed by atoms with van der Waals surface area (Å²) < 4.78 is 9.89. The molecule has 1 aromatic rings. The molecule has 0 aromatic heterocycles. The molecule has 1 aromatic carbocycles. The van der Waals surface area contributed by atoms with E-state index in [-0.39, 0.29) is 23.9 Å². The van der Waals surface area contributed by atoms with Crippen molar-refractivity contribution in [1.82, 2.24) is 10.2 Å². The summed E-state index contributed by atoms with van der Waals surface area (Å²) in [6.45, 7) is 1.34.